The number of aromatic nitrogens is 1. The predicted molar refractivity (Wildman–Crippen MR) is 86.1 cm³/mol. The maximum Gasteiger partial charge on any atom is 0.256 e. The second-order valence-corrected chi connectivity index (χ2v) is 6.11. The van der Waals surface area contributed by atoms with Crippen molar-refractivity contribution in [3.8, 4) is 5.88 Å². The Kier molecular flexibility index (Phi) is 5.40. The first-order chi connectivity index (χ1) is 10.5. The molecule has 1 aliphatic rings. The smallest absolute Gasteiger partial charge is 0.256 e. The summed E-state index contributed by atoms with van der Waals surface area (Å²) in [6, 6.07) is 1.87. The van der Waals surface area contributed by atoms with E-state index in [2.05, 4.69) is 17.2 Å². The highest BCUT2D eigenvalue weighted by molar-refractivity contribution is 5.97. The molecule has 1 aliphatic carbocycles. The van der Waals surface area contributed by atoms with Crippen LogP contribution in [0.25, 0.3) is 0 Å². The van der Waals surface area contributed by atoms with Gasteiger partial charge in [0.05, 0.1) is 19.0 Å². The summed E-state index contributed by atoms with van der Waals surface area (Å²) in [5.41, 5.74) is 0.874. The summed E-state index contributed by atoms with van der Waals surface area (Å²) < 4.78 is 11.0. The normalized spacial score (nSPS) is 24.8. The Labute approximate surface area is 132 Å². The maximum atomic E-state index is 12.8. The zero-order chi connectivity index (χ0) is 16.2. The number of carbonyl (C=O) groups excluding carboxylic acids is 1. The summed E-state index contributed by atoms with van der Waals surface area (Å²) in [6.07, 6.45) is 5.21. The first-order valence-corrected chi connectivity index (χ1v) is 7.97. The molecule has 22 heavy (non-hydrogen) atoms. The van der Waals surface area contributed by atoms with Gasteiger partial charge in [-0.15, -0.1) is 0 Å². The van der Waals surface area contributed by atoms with E-state index in [4.69, 9.17) is 9.47 Å². The summed E-state index contributed by atoms with van der Waals surface area (Å²) >= 11 is 0. The zero-order valence-corrected chi connectivity index (χ0v) is 13.9. The molecular formula is C17H26N2O3. The molecule has 5 nitrogen and oxygen atoms in total. The third-order valence-electron chi connectivity index (χ3n) is 4.40. The zero-order valence-electron chi connectivity index (χ0n) is 13.9. The van der Waals surface area contributed by atoms with Gasteiger partial charge >= 0.3 is 0 Å². The Morgan fingerprint density at radius 3 is 2.68 bits per heavy atom. The van der Waals surface area contributed by atoms with Crippen molar-refractivity contribution in [3.05, 3.63) is 17.8 Å². The highest BCUT2D eigenvalue weighted by Gasteiger charge is 2.41. The van der Waals surface area contributed by atoms with Gasteiger partial charge in [-0.2, -0.15) is 0 Å². The SMILES string of the molecule is CCOC1(C(=O)Nc2cnc(OC)c(C)c2)CCC(C)CC1. The molecular weight excluding hydrogens is 280 g/mol. The summed E-state index contributed by atoms with van der Waals surface area (Å²) in [5.74, 6) is 1.17. The van der Waals surface area contributed by atoms with E-state index in [0.717, 1.165) is 31.2 Å². The monoisotopic (exact) mass is 306 g/mol. The summed E-state index contributed by atoms with van der Waals surface area (Å²) in [4.78, 5) is 17.0. The number of methoxy groups -OCH3 is 1. The number of pyridine rings is 1. The lowest BCUT2D eigenvalue weighted by atomic mass is 9.78. The molecule has 122 valence electrons. The topological polar surface area (TPSA) is 60.5 Å². The first kappa shape index (κ1) is 16.7. The average molecular weight is 306 g/mol. The number of ether oxygens (including phenoxy) is 2. The van der Waals surface area contributed by atoms with Gasteiger partial charge in [0.2, 0.25) is 5.88 Å². The van der Waals surface area contributed by atoms with Crippen LogP contribution in [0.1, 0.15) is 45.1 Å². The molecule has 5 heteroatoms. The largest absolute Gasteiger partial charge is 0.481 e. The van der Waals surface area contributed by atoms with Crippen LogP contribution in [0, 0.1) is 12.8 Å². The van der Waals surface area contributed by atoms with Crippen LogP contribution in [-0.2, 0) is 9.53 Å². The number of carbonyl (C=O) groups is 1. The van der Waals surface area contributed by atoms with Gasteiger partial charge in [-0.05, 0) is 51.5 Å². The first-order valence-electron chi connectivity index (χ1n) is 7.97. The summed E-state index contributed by atoms with van der Waals surface area (Å²) in [6.45, 7) is 6.61. The van der Waals surface area contributed by atoms with Gasteiger partial charge in [0.1, 0.15) is 5.60 Å². The standard InChI is InChI=1S/C17H26N2O3/c1-5-22-17(8-6-12(2)7-9-17)16(20)19-14-10-13(3)15(21-4)18-11-14/h10-12H,5-9H2,1-4H3,(H,19,20). The van der Waals surface area contributed by atoms with Crippen molar-refractivity contribution in [2.45, 2.75) is 52.1 Å². The minimum absolute atomic E-state index is 0.0624. The maximum absolute atomic E-state index is 12.8. The number of amides is 1. The van der Waals surface area contributed by atoms with Gasteiger partial charge in [-0.25, -0.2) is 4.98 Å². The van der Waals surface area contributed by atoms with Gasteiger partial charge in [-0.1, -0.05) is 6.92 Å². The Morgan fingerprint density at radius 1 is 1.45 bits per heavy atom. The molecule has 1 aromatic rings. The van der Waals surface area contributed by atoms with Crippen molar-refractivity contribution in [1.82, 2.24) is 4.98 Å². The number of rotatable bonds is 5. The number of anilines is 1. The molecule has 0 aliphatic heterocycles. The van der Waals surface area contributed by atoms with Crippen molar-refractivity contribution in [2.24, 2.45) is 5.92 Å². The molecule has 0 aromatic carbocycles. The van der Waals surface area contributed by atoms with Crippen LogP contribution >= 0.6 is 0 Å². The van der Waals surface area contributed by atoms with E-state index in [1.54, 1.807) is 13.3 Å². The van der Waals surface area contributed by atoms with Crippen molar-refractivity contribution in [1.29, 1.82) is 0 Å². The second-order valence-electron chi connectivity index (χ2n) is 6.11. The molecule has 2 rings (SSSR count). The number of aryl methyl sites for hydroxylation is 1. The van der Waals surface area contributed by atoms with Crippen LogP contribution in [-0.4, -0.2) is 30.2 Å². The Balaban J connectivity index is 2.13. The molecule has 0 radical (unpaired) electrons. The minimum atomic E-state index is -0.699. The van der Waals surface area contributed by atoms with Gasteiger partial charge < -0.3 is 14.8 Å². The van der Waals surface area contributed by atoms with E-state index in [-0.39, 0.29) is 5.91 Å². The van der Waals surface area contributed by atoms with Crippen LogP contribution in [0.15, 0.2) is 12.3 Å². The van der Waals surface area contributed by atoms with E-state index in [0.29, 0.717) is 24.1 Å². The van der Waals surface area contributed by atoms with Crippen LogP contribution in [0.3, 0.4) is 0 Å². The highest BCUT2D eigenvalue weighted by Crippen LogP contribution is 2.36. The lowest BCUT2D eigenvalue weighted by molar-refractivity contribution is -0.146. The fraction of sp³-hybridized carbons (Fsp3) is 0.647. The predicted octanol–water partition coefficient (Wildman–Crippen LogP) is 3.32. The number of hydrogen-bond donors (Lipinski definition) is 1. The molecule has 0 spiro atoms. The van der Waals surface area contributed by atoms with Crippen LogP contribution in [0.2, 0.25) is 0 Å². The fourth-order valence-corrected chi connectivity index (χ4v) is 3.03. The number of hydrogen-bond acceptors (Lipinski definition) is 4. The van der Waals surface area contributed by atoms with Gasteiger partial charge in [0.15, 0.2) is 0 Å². The van der Waals surface area contributed by atoms with Crippen LogP contribution < -0.4 is 10.1 Å². The van der Waals surface area contributed by atoms with Gasteiger partial charge in [-0.3, -0.25) is 4.79 Å². The lowest BCUT2D eigenvalue weighted by Gasteiger charge is -2.37. The molecule has 0 atom stereocenters. The van der Waals surface area contributed by atoms with Crippen molar-refractivity contribution < 1.29 is 14.3 Å². The van der Waals surface area contributed by atoms with E-state index in [1.807, 2.05) is 19.9 Å². The Bertz CT molecular complexity index is 523. The minimum Gasteiger partial charge on any atom is -0.481 e. The van der Waals surface area contributed by atoms with Gasteiger partial charge in [0.25, 0.3) is 5.91 Å². The number of nitrogens with zero attached hydrogens (tertiary/aromatic N) is 1. The molecule has 0 bridgehead atoms. The van der Waals surface area contributed by atoms with E-state index in [1.165, 1.54) is 0 Å². The molecule has 1 saturated carbocycles. The Hall–Kier alpha value is -1.62. The third kappa shape index (κ3) is 3.58. The second kappa shape index (κ2) is 7.09. The van der Waals surface area contributed by atoms with E-state index < -0.39 is 5.60 Å². The Morgan fingerprint density at radius 2 is 2.14 bits per heavy atom. The quantitative estimate of drug-likeness (QED) is 0.906. The summed E-state index contributed by atoms with van der Waals surface area (Å²) in [7, 11) is 1.58. The molecule has 1 heterocycles. The molecule has 0 saturated heterocycles. The van der Waals surface area contributed by atoms with Crippen LogP contribution in [0.5, 0.6) is 5.88 Å². The molecule has 1 aromatic heterocycles. The van der Waals surface area contributed by atoms with Gasteiger partial charge in [0, 0.05) is 12.2 Å². The average Bonchev–Trinajstić information content (AvgIpc) is 2.50. The molecule has 1 fully saturated rings. The highest BCUT2D eigenvalue weighted by atomic mass is 16.5. The van der Waals surface area contributed by atoms with Crippen molar-refractivity contribution in [2.75, 3.05) is 19.0 Å². The third-order valence-corrected chi connectivity index (χ3v) is 4.40. The summed E-state index contributed by atoms with van der Waals surface area (Å²) in [5, 5.41) is 2.96. The van der Waals surface area contributed by atoms with E-state index >= 15 is 0 Å². The number of nitrogens with one attached hydrogen (secondary N) is 1. The van der Waals surface area contributed by atoms with Crippen molar-refractivity contribution in [3.63, 3.8) is 0 Å². The van der Waals surface area contributed by atoms with Crippen LogP contribution in [0.4, 0.5) is 5.69 Å². The lowest BCUT2D eigenvalue weighted by Crippen LogP contribution is -2.48. The molecule has 1 amide bonds. The van der Waals surface area contributed by atoms with Crippen molar-refractivity contribution >= 4 is 11.6 Å². The molecule has 0 unspecified atom stereocenters. The molecule has 1 N–H and O–H groups in total. The van der Waals surface area contributed by atoms with E-state index in [9.17, 15) is 4.79 Å². The fourth-order valence-electron chi connectivity index (χ4n) is 3.03.